The lowest BCUT2D eigenvalue weighted by molar-refractivity contribution is -0.148. The summed E-state index contributed by atoms with van der Waals surface area (Å²) in [6.07, 6.45) is 3.13. The fourth-order valence-corrected chi connectivity index (χ4v) is 3.56. The second-order valence-electron chi connectivity index (χ2n) is 5.77. The van der Waals surface area contributed by atoms with Crippen molar-refractivity contribution in [1.82, 2.24) is 5.32 Å². The highest BCUT2D eigenvalue weighted by Crippen LogP contribution is 2.29. The second kappa shape index (κ2) is 8.41. The molecule has 1 aliphatic rings. The molecule has 1 atom stereocenters. The van der Waals surface area contributed by atoms with Crippen LogP contribution in [0.15, 0.2) is 29.2 Å². The van der Waals surface area contributed by atoms with Crippen molar-refractivity contribution in [3.05, 3.63) is 29.3 Å². The van der Waals surface area contributed by atoms with Crippen LogP contribution in [0.4, 0.5) is 0 Å². The van der Waals surface area contributed by atoms with Crippen molar-refractivity contribution in [3.8, 4) is 6.07 Å². The van der Waals surface area contributed by atoms with Gasteiger partial charge in [-0.3, -0.25) is 9.59 Å². The van der Waals surface area contributed by atoms with Gasteiger partial charge in [-0.2, -0.15) is 5.26 Å². The van der Waals surface area contributed by atoms with Gasteiger partial charge < -0.3 is 10.1 Å². The van der Waals surface area contributed by atoms with Crippen LogP contribution >= 0.6 is 23.4 Å². The van der Waals surface area contributed by atoms with E-state index in [1.165, 1.54) is 11.8 Å². The lowest BCUT2D eigenvalue weighted by Gasteiger charge is -2.22. The van der Waals surface area contributed by atoms with E-state index in [2.05, 4.69) is 11.4 Å². The van der Waals surface area contributed by atoms with Gasteiger partial charge in [0.1, 0.15) is 10.8 Å². The predicted octanol–water partition coefficient (Wildman–Crippen LogP) is 3.32. The molecular formula is C17H19ClN2O3S. The molecule has 1 fully saturated rings. The van der Waals surface area contributed by atoms with Crippen molar-refractivity contribution in [2.45, 2.75) is 48.3 Å². The number of carbonyl (C=O) groups excluding carboxylic acids is 2. The molecule has 5 nitrogen and oxygen atoms in total. The zero-order chi connectivity index (χ0) is 17.6. The summed E-state index contributed by atoms with van der Waals surface area (Å²) in [6, 6.07) is 9.30. The molecule has 1 aromatic rings. The molecule has 7 heteroatoms. The van der Waals surface area contributed by atoms with Crippen LogP contribution < -0.4 is 5.32 Å². The Morgan fingerprint density at radius 2 is 2.00 bits per heavy atom. The zero-order valence-electron chi connectivity index (χ0n) is 13.4. The molecule has 0 saturated heterocycles. The van der Waals surface area contributed by atoms with E-state index in [4.69, 9.17) is 16.3 Å². The van der Waals surface area contributed by atoms with Crippen molar-refractivity contribution in [1.29, 1.82) is 5.26 Å². The number of hydrogen-bond donors (Lipinski definition) is 1. The number of benzene rings is 1. The van der Waals surface area contributed by atoms with Gasteiger partial charge in [-0.25, -0.2) is 0 Å². The molecular weight excluding hydrogens is 348 g/mol. The number of amides is 1. The van der Waals surface area contributed by atoms with Crippen LogP contribution in [0, 0.1) is 11.3 Å². The van der Waals surface area contributed by atoms with Gasteiger partial charge in [-0.05, 0) is 56.9 Å². The Labute approximate surface area is 150 Å². The summed E-state index contributed by atoms with van der Waals surface area (Å²) in [6.45, 7) is 1.35. The monoisotopic (exact) mass is 366 g/mol. The lowest BCUT2D eigenvalue weighted by atomic mass is 10.00. The minimum atomic E-state index is -0.798. The molecule has 1 saturated carbocycles. The SMILES string of the molecule is C[C@@H](Sc1ccc(Cl)cc1)C(=O)OCC(=O)NC1(C#N)CCCC1. The third-order valence-electron chi connectivity index (χ3n) is 3.85. The molecule has 1 amide bonds. The summed E-state index contributed by atoms with van der Waals surface area (Å²) in [5, 5.41) is 12.1. The highest BCUT2D eigenvalue weighted by molar-refractivity contribution is 8.00. The Kier molecular flexibility index (Phi) is 6.52. The van der Waals surface area contributed by atoms with Gasteiger partial charge in [-0.15, -0.1) is 11.8 Å². The third kappa shape index (κ3) is 5.15. The molecule has 0 heterocycles. The van der Waals surface area contributed by atoms with E-state index in [-0.39, 0.29) is 6.61 Å². The van der Waals surface area contributed by atoms with Crippen LogP contribution in [-0.2, 0) is 14.3 Å². The van der Waals surface area contributed by atoms with E-state index < -0.39 is 22.7 Å². The van der Waals surface area contributed by atoms with E-state index in [0.717, 1.165) is 17.7 Å². The van der Waals surface area contributed by atoms with E-state index >= 15 is 0 Å². The van der Waals surface area contributed by atoms with E-state index in [0.29, 0.717) is 17.9 Å². The normalized spacial score (nSPS) is 16.9. The minimum absolute atomic E-state index is 0.367. The van der Waals surface area contributed by atoms with Crippen LogP contribution in [0.3, 0.4) is 0 Å². The number of nitrogens with one attached hydrogen (secondary N) is 1. The smallest absolute Gasteiger partial charge is 0.319 e. The van der Waals surface area contributed by atoms with E-state index in [1.54, 1.807) is 19.1 Å². The first-order valence-corrected chi connectivity index (χ1v) is 9.01. The molecule has 128 valence electrons. The maximum Gasteiger partial charge on any atom is 0.319 e. The molecule has 1 N–H and O–H groups in total. The first kappa shape index (κ1) is 18.6. The number of esters is 1. The van der Waals surface area contributed by atoms with Gasteiger partial charge in [0, 0.05) is 9.92 Å². The maximum atomic E-state index is 12.0. The summed E-state index contributed by atoms with van der Waals surface area (Å²) < 4.78 is 5.05. The summed E-state index contributed by atoms with van der Waals surface area (Å²) in [5.74, 6) is -0.905. The van der Waals surface area contributed by atoms with E-state index in [9.17, 15) is 14.9 Å². The Morgan fingerprint density at radius 1 is 1.38 bits per heavy atom. The van der Waals surface area contributed by atoms with Crippen LogP contribution in [-0.4, -0.2) is 29.3 Å². The van der Waals surface area contributed by atoms with Crippen LogP contribution in [0.25, 0.3) is 0 Å². The molecule has 24 heavy (non-hydrogen) atoms. The summed E-state index contributed by atoms with van der Waals surface area (Å²) in [7, 11) is 0. The highest BCUT2D eigenvalue weighted by Gasteiger charge is 2.35. The largest absolute Gasteiger partial charge is 0.455 e. The van der Waals surface area contributed by atoms with Gasteiger partial charge in [-0.1, -0.05) is 11.6 Å². The van der Waals surface area contributed by atoms with Gasteiger partial charge in [0.25, 0.3) is 5.91 Å². The lowest BCUT2D eigenvalue weighted by Crippen LogP contribution is -2.47. The summed E-state index contributed by atoms with van der Waals surface area (Å²) in [4.78, 5) is 24.8. The number of rotatable bonds is 6. The fraction of sp³-hybridized carbons (Fsp3) is 0.471. The Morgan fingerprint density at radius 3 is 2.58 bits per heavy atom. The standard InChI is InChI=1S/C17H19ClN2O3S/c1-12(24-14-6-4-13(18)5-7-14)16(22)23-10-15(21)20-17(11-19)8-2-3-9-17/h4-7,12H,2-3,8-10H2,1H3,(H,20,21)/t12-/m1/s1. The van der Waals surface area contributed by atoms with Gasteiger partial charge in [0.15, 0.2) is 6.61 Å². The molecule has 0 aromatic heterocycles. The molecule has 1 aliphatic carbocycles. The van der Waals surface area contributed by atoms with Gasteiger partial charge in [0.2, 0.25) is 0 Å². The first-order valence-electron chi connectivity index (χ1n) is 7.75. The summed E-state index contributed by atoms with van der Waals surface area (Å²) in [5.41, 5.74) is -0.798. The quantitative estimate of drug-likeness (QED) is 0.617. The van der Waals surface area contributed by atoms with Crippen molar-refractivity contribution < 1.29 is 14.3 Å². The number of ether oxygens (including phenoxy) is 1. The Balaban J connectivity index is 1.78. The summed E-state index contributed by atoms with van der Waals surface area (Å²) >= 11 is 7.15. The second-order valence-corrected chi connectivity index (χ2v) is 7.62. The average Bonchev–Trinajstić information content (AvgIpc) is 3.03. The number of hydrogen-bond acceptors (Lipinski definition) is 5. The number of carbonyl (C=O) groups is 2. The topological polar surface area (TPSA) is 79.2 Å². The van der Waals surface area contributed by atoms with Crippen molar-refractivity contribution in [2.75, 3.05) is 6.61 Å². The number of nitrogens with zero attached hydrogens (tertiary/aromatic N) is 1. The first-order chi connectivity index (χ1) is 11.4. The van der Waals surface area contributed by atoms with Crippen molar-refractivity contribution in [3.63, 3.8) is 0 Å². The predicted molar refractivity (Wildman–Crippen MR) is 92.7 cm³/mol. The molecule has 2 rings (SSSR count). The number of nitriles is 1. The average molecular weight is 367 g/mol. The zero-order valence-corrected chi connectivity index (χ0v) is 15.0. The number of halogens is 1. The highest BCUT2D eigenvalue weighted by atomic mass is 35.5. The third-order valence-corrected chi connectivity index (χ3v) is 5.20. The molecule has 0 unspecified atom stereocenters. The minimum Gasteiger partial charge on any atom is -0.455 e. The molecule has 0 bridgehead atoms. The van der Waals surface area contributed by atoms with Gasteiger partial charge in [0.05, 0.1) is 6.07 Å². The Bertz CT molecular complexity index is 636. The van der Waals surface area contributed by atoms with Crippen LogP contribution in [0.5, 0.6) is 0 Å². The van der Waals surface area contributed by atoms with Gasteiger partial charge >= 0.3 is 5.97 Å². The van der Waals surface area contributed by atoms with Crippen LogP contribution in [0.2, 0.25) is 5.02 Å². The Hall–Kier alpha value is -1.71. The molecule has 1 aromatic carbocycles. The van der Waals surface area contributed by atoms with Crippen LogP contribution in [0.1, 0.15) is 32.6 Å². The molecule has 0 radical (unpaired) electrons. The van der Waals surface area contributed by atoms with E-state index in [1.807, 2.05) is 12.1 Å². The van der Waals surface area contributed by atoms with Crippen molar-refractivity contribution >= 4 is 35.2 Å². The fourth-order valence-electron chi connectivity index (χ4n) is 2.57. The molecule has 0 aliphatic heterocycles. The molecule has 0 spiro atoms. The number of thioether (sulfide) groups is 1. The van der Waals surface area contributed by atoms with Crippen molar-refractivity contribution in [2.24, 2.45) is 0 Å². The maximum absolute atomic E-state index is 12.0.